The Bertz CT molecular complexity index is 350. The first-order valence-corrected chi connectivity index (χ1v) is 6.35. The number of piperidine rings is 1. The Balaban J connectivity index is 2.17. The van der Waals surface area contributed by atoms with Crippen LogP contribution in [-0.4, -0.2) is 34.8 Å². The normalized spacial score (nSPS) is 21.8. The van der Waals surface area contributed by atoms with Crippen LogP contribution < -0.4 is 4.74 Å². The molecule has 1 unspecified atom stereocenters. The SMILES string of the molecule is COc1ccc(C2CCCCN2C(C)C)nn1. The molecule has 17 heavy (non-hydrogen) atoms. The van der Waals surface area contributed by atoms with E-state index in [1.165, 1.54) is 19.3 Å². The molecule has 4 heteroatoms. The molecule has 0 spiro atoms. The van der Waals surface area contributed by atoms with Gasteiger partial charge in [0.2, 0.25) is 5.88 Å². The summed E-state index contributed by atoms with van der Waals surface area (Å²) < 4.78 is 5.04. The number of hydrogen-bond donors (Lipinski definition) is 0. The van der Waals surface area contributed by atoms with Gasteiger partial charge in [-0.15, -0.1) is 5.10 Å². The van der Waals surface area contributed by atoms with E-state index in [1.807, 2.05) is 12.1 Å². The molecule has 94 valence electrons. The van der Waals surface area contributed by atoms with Crippen LogP contribution in [0.2, 0.25) is 0 Å². The molecule has 1 saturated heterocycles. The second-order valence-electron chi connectivity index (χ2n) is 4.84. The molecule has 4 nitrogen and oxygen atoms in total. The van der Waals surface area contributed by atoms with Gasteiger partial charge < -0.3 is 4.74 Å². The summed E-state index contributed by atoms with van der Waals surface area (Å²) in [6.07, 6.45) is 3.75. The lowest BCUT2D eigenvalue weighted by Crippen LogP contribution is -2.38. The zero-order valence-electron chi connectivity index (χ0n) is 10.9. The maximum absolute atomic E-state index is 5.04. The summed E-state index contributed by atoms with van der Waals surface area (Å²) in [4.78, 5) is 2.51. The van der Waals surface area contributed by atoms with E-state index in [-0.39, 0.29) is 0 Å². The van der Waals surface area contributed by atoms with Crippen molar-refractivity contribution in [1.29, 1.82) is 0 Å². The molecule has 0 radical (unpaired) electrons. The number of rotatable bonds is 3. The van der Waals surface area contributed by atoms with Crippen molar-refractivity contribution in [3.63, 3.8) is 0 Å². The minimum absolute atomic E-state index is 0.419. The molecule has 0 amide bonds. The van der Waals surface area contributed by atoms with Gasteiger partial charge in [-0.25, -0.2) is 0 Å². The van der Waals surface area contributed by atoms with Gasteiger partial charge in [0.15, 0.2) is 0 Å². The number of methoxy groups -OCH3 is 1. The van der Waals surface area contributed by atoms with E-state index in [4.69, 9.17) is 4.74 Å². The maximum Gasteiger partial charge on any atom is 0.233 e. The third-order valence-corrected chi connectivity index (χ3v) is 3.42. The Labute approximate surface area is 103 Å². The van der Waals surface area contributed by atoms with Crippen LogP contribution in [0.4, 0.5) is 0 Å². The van der Waals surface area contributed by atoms with E-state index in [0.29, 0.717) is 18.0 Å². The first-order valence-electron chi connectivity index (χ1n) is 6.35. The highest BCUT2D eigenvalue weighted by molar-refractivity contribution is 5.14. The lowest BCUT2D eigenvalue weighted by Gasteiger charge is -2.38. The lowest BCUT2D eigenvalue weighted by atomic mass is 9.97. The Kier molecular flexibility index (Phi) is 3.94. The van der Waals surface area contributed by atoms with Crippen LogP contribution in [-0.2, 0) is 0 Å². The van der Waals surface area contributed by atoms with Crippen LogP contribution in [0.3, 0.4) is 0 Å². The molecule has 1 aromatic heterocycles. The van der Waals surface area contributed by atoms with Crippen molar-refractivity contribution in [1.82, 2.24) is 15.1 Å². The Morgan fingerprint density at radius 3 is 2.71 bits per heavy atom. The van der Waals surface area contributed by atoms with Crippen molar-refractivity contribution >= 4 is 0 Å². The topological polar surface area (TPSA) is 38.2 Å². The number of ether oxygens (including phenoxy) is 1. The predicted molar refractivity (Wildman–Crippen MR) is 67.0 cm³/mol. The maximum atomic E-state index is 5.04. The van der Waals surface area contributed by atoms with E-state index >= 15 is 0 Å². The number of nitrogens with zero attached hydrogens (tertiary/aromatic N) is 3. The van der Waals surface area contributed by atoms with Gasteiger partial charge in [-0.3, -0.25) is 4.90 Å². The largest absolute Gasteiger partial charge is 0.480 e. The molecule has 0 aromatic carbocycles. The van der Waals surface area contributed by atoms with E-state index in [9.17, 15) is 0 Å². The third kappa shape index (κ3) is 2.75. The summed E-state index contributed by atoms with van der Waals surface area (Å²) in [7, 11) is 1.62. The molecular weight excluding hydrogens is 214 g/mol. The summed E-state index contributed by atoms with van der Waals surface area (Å²) in [5, 5.41) is 8.36. The van der Waals surface area contributed by atoms with Crippen LogP contribution in [0.15, 0.2) is 12.1 Å². The molecule has 1 fully saturated rings. The fourth-order valence-electron chi connectivity index (χ4n) is 2.51. The van der Waals surface area contributed by atoms with Crippen molar-refractivity contribution in [2.24, 2.45) is 0 Å². The monoisotopic (exact) mass is 235 g/mol. The smallest absolute Gasteiger partial charge is 0.233 e. The summed E-state index contributed by atoms with van der Waals surface area (Å²) in [6.45, 7) is 5.65. The van der Waals surface area contributed by atoms with Crippen LogP contribution in [0.1, 0.15) is 44.8 Å². The average molecular weight is 235 g/mol. The van der Waals surface area contributed by atoms with Gasteiger partial charge >= 0.3 is 0 Å². The van der Waals surface area contributed by atoms with Crippen molar-refractivity contribution in [3.05, 3.63) is 17.8 Å². The van der Waals surface area contributed by atoms with Gasteiger partial charge in [-0.05, 0) is 39.3 Å². The molecular formula is C13H21N3O. The standard InChI is InChI=1S/C13H21N3O/c1-10(2)16-9-5-4-6-12(16)11-7-8-13(17-3)15-14-11/h7-8,10,12H,4-6,9H2,1-3H3. The lowest BCUT2D eigenvalue weighted by molar-refractivity contribution is 0.108. The van der Waals surface area contributed by atoms with Crippen LogP contribution in [0, 0.1) is 0 Å². The fourth-order valence-corrected chi connectivity index (χ4v) is 2.51. The zero-order valence-corrected chi connectivity index (χ0v) is 10.9. The zero-order chi connectivity index (χ0) is 12.3. The highest BCUT2D eigenvalue weighted by Gasteiger charge is 2.27. The quantitative estimate of drug-likeness (QED) is 0.806. The third-order valence-electron chi connectivity index (χ3n) is 3.42. The average Bonchev–Trinajstić information content (AvgIpc) is 2.39. The van der Waals surface area contributed by atoms with Gasteiger partial charge in [0, 0.05) is 12.1 Å². The molecule has 1 aliphatic rings. The molecule has 2 rings (SSSR count). The molecule has 1 atom stereocenters. The molecule has 2 heterocycles. The summed E-state index contributed by atoms with van der Waals surface area (Å²) >= 11 is 0. The minimum Gasteiger partial charge on any atom is -0.480 e. The second-order valence-corrected chi connectivity index (χ2v) is 4.84. The van der Waals surface area contributed by atoms with Crippen molar-refractivity contribution in [2.75, 3.05) is 13.7 Å². The molecule has 0 N–H and O–H groups in total. The van der Waals surface area contributed by atoms with Gasteiger partial charge in [0.05, 0.1) is 18.8 Å². The first-order chi connectivity index (χ1) is 8.22. The Morgan fingerprint density at radius 2 is 2.12 bits per heavy atom. The Hall–Kier alpha value is -1.16. The second kappa shape index (κ2) is 5.45. The van der Waals surface area contributed by atoms with Crippen molar-refractivity contribution in [2.45, 2.75) is 45.2 Å². The number of aromatic nitrogens is 2. The number of hydrogen-bond acceptors (Lipinski definition) is 4. The summed E-state index contributed by atoms with van der Waals surface area (Å²) in [5.74, 6) is 0.584. The number of likely N-dealkylation sites (tertiary alicyclic amines) is 1. The van der Waals surface area contributed by atoms with Crippen LogP contribution >= 0.6 is 0 Å². The van der Waals surface area contributed by atoms with Crippen molar-refractivity contribution < 1.29 is 4.74 Å². The summed E-state index contributed by atoms with van der Waals surface area (Å²) in [6, 6.07) is 4.92. The van der Waals surface area contributed by atoms with Crippen molar-refractivity contribution in [3.8, 4) is 5.88 Å². The highest BCUT2D eigenvalue weighted by atomic mass is 16.5. The molecule has 0 aliphatic carbocycles. The van der Waals surface area contributed by atoms with E-state index in [1.54, 1.807) is 7.11 Å². The van der Waals surface area contributed by atoms with Gasteiger partial charge in [-0.2, -0.15) is 5.10 Å². The molecule has 0 saturated carbocycles. The fraction of sp³-hybridized carbons (Fsp3) is 0.692. The van der Waals surface area contributed by atoms with Crippen LogP contribution in [0.5, 0.6) is 5.88 Å². The van der Waals surface area contributed by atoms with E-state index in [0.717, 1.165) is 12.2 Å². The van der Waals surface area contributed by atoms with Gasteiger partial charge in [-0.1, -0.05) is 6.42 Å². The predicted octanol–water partition coefficient (Wildman–Crippen LogP) is 2.42. The van der Waals surface area contributed by atoms with Crippen LogP contribution in [0.25, 0.3) is 0 Å². The van der Waals surface area contributed by atoms with E-state index in [2.05, 4.69) is 28.9 Å². The van der Waals surface area contributed by atoms with Gasteiger partial charge in [0.25, 0.3) is 0 Å². The van der Waals surface area contributed by atoms with E-state index < -0.39 is 0 Å². The highest BCUT2D eigenvalue weighted by Crippen LogP contribution is 2.31. The first kappa shape index (κ1) is 12.3. The Morgan fingerprint density at radius 1 is 1.29 bits per heavy atom. The summed E-state index contributed by atoms with van der Waals surface area (Å²) in [5.41, 5.74) is 1.07. The van der Waals surface area contributed by atoms with Gasteiger partial charge in [0.1, 0.15) is 0 Å². The molecule has 1 aromatic rings. The molecule has 1 aliphatic heterocycles. The minimum atomic E-state index is 0.419. The molecule has 0 bridgehead atoms.